The van der Waals surface area contributed by atoms with E-state index in [1.54, 1.807) is 7.11 Å². The van der Waals surface area contributed by atoms with E-state index in [1.165, 1.54) is 5.56 Å². The molecule has 0 saturated carbocycles. The summed E-state index contributed by atoms with van der Waals surface area (Å²) in [5.74, 6) is 1.70. The Morgan fingerprint density at radius 1 is 0.962 bits per heavy atom. The lowest BCUT2D eigenvalue weighted by atomic mass is 10.2. The Morgan fingerprint density at radius 3 is 2.42 bits per heavy atom. The Kier molecular flexibility index (Phi) is 9.08. The molecular weight excluding hydrogens is 326 g/mol. The van der Waals surface area contributed by atoms with Crippen LogP contribution in [0.15, 0.2) is 59.6 Å². The summed E-state index contributed by atoms with van der Waals surface area (Å²) in [6.45, 7) is 5.73. The van der Waals surface area contributed by atoms with Crippen molar-refractivity contribution in [2.45, 2.75) is 26.5 Å². The number of ether oxygens (including phenoxy) is 2. The second kappa shape index (κ2) is 11.9. The van der Waals surface area contributed by atoms with Gasteiger partial charge in [-0.1, -0.05) is 42.5 Å². The van der Waals surface area contributed by atoms with E-state index in [-0.39, 0.29) is 0 Å². The molecule has 26 heavy (non-hydrogen) atoms. The lowest BCUT2D eigenvalue weighted by molar-refractivity contribution is 0.119. The van der Waals surface area contributed by atoms with Gasteiger partial charge in [0.1, 0.15) is 5.75 Å². The van der Waals surface area contributed by atoms with E-state index in [4.69, 9.17) is 9.47 Å². The fraction of sp³-hybridized carbons (Fsp3) is 0.381. The van der Waals surface area contributed by atoms with Crippen molar-refractivity contribution in [3.63, 3.8) is 0 Å². The van der Waals surface area contributed by atoms with Crippen LogP contribution in [0.2, 0.25) is 0 Å². The van der Waals surface area contributed by atoms with E-state index in [1.807, 2.05) is 42.5 Å². The average Bonchev–Trinajstić information content (AvgIpc) is 2.70. The minimum Gasteiger partial charge on any atom is -0.497 e. The van der Waals surface area contributed by atoms with Gasteiger partial charge in [0.05, 0.1) is 20.3 Å². The van der Waals surface area contributed by atoms with Crippen LogP contribution >= 0.6 is 0 Å². The number of hydrogen-bond donors (Lipinski definition) is 2. The van der Waals surface area contributed by atoms with Gasteiger partial charge in [-0.05, 0) is 36.6 Å². The normalized spacial score (nSPS) is 11.2. The lowest BCUT2D eigenvalue weighted by Crippen LogP contribution is -2.38. The second-order valence-electron chi connectivity index (χ2n) is 5.86. The molecule has 0 fully saturated rings. The van der Waals surface area contributed by atoms with Gasteiger partial charge < -0.3 is 20.1 Å². The molecule has 0 bridgehead atoms. The van der Waals surface area contributed by atoms with Crippen LogP contribution in [-0.2, 0) is 17.9 Å². The highest BCUT2D eigenvalue weighted by molar-refractivity contribution is 5.79. The van der Waals surface area contributed by atoms with Crippen molar-refractivity contribution >= 4 is 5.96 Å². The van der Waals surface area contributed by atoms with Gasteiger partial charge in [0.25, 0.3) is 0 Å². The van der Waals surface area contributed by atoms with Crippen molar-refractivity contribution in [2.24, 2.45) is 4.99 Å². The van der Waals surface area contributed by atoms with Gasteiger partial charge in [-0.2, -0.15) is 0 Å². The summed E-state index contributed by atoms with van der Waals surface area (Å²) < 4.78 is 10.9. The Hall–Kier alpha value is -2.53. The van der Waals surface area contributed by atoms with Crippen molar-refractivity contribution in [1.29, 1.82) is 0 Å². The monoisotopic (exact) mass is 355 g/mol. The Bertz CT molecular complexity index is 642. The number of methoxy groups -OCH3 is 1. The van der Waals surface area contributed by atoms with Crippen LogP contribution < -0.4 is 15.4 Å². The zero-order valence-corrected chi connectivity index (χ0v) is 15.7. The molecule has 0 aromatic heterocycles. The van der Waals surface area contributed by atoms with E-state index in [0.717, 1.165) is 36.8 Å². The van der Waals surface area contributed by atoms with Gasteiger partial charge >= 0.3 is 0 Å². The highest BCUT2D eigenvalue weighted by Crippen LogP contribution is 2.11. The van der Waals surface area contributed by atoms with E-state index in [2.05, 4.69) is 34.7 Å². The minimum absolute atomic E-state index is 0.617. The molecule has 0 spiro atoms. The minimum atomic E-state index is 0.617. The van der Waals surface area contributed by atoms with E-state index in [0.29, 0.717) is 19.8 Å². The number of rotatable bonds is 10. The molecule has 0 atom stereocenters. The standard InChI is InChI=1S/C21H29N3O2/c1-3-22-21(24-16-18-8-5-4-6-9-18)23-14-7-15-26-17-19-10-12-20(25-2)13-11-19/h4-6,8-13H,3,7,14-17H2,1-2H3,(H2,22,23,24). The number of aliphatic imine (C=N–C) groups is 1. The van der Waals surface area contributed by atoms with Gasteiger partial charge in [-0.3, -0.25) is 0 Å². The third-order valence-electron chi connectivity index (χ3n) is 3.79. The highest BCUT2D eigenvalue weighted by Gasteiger charge is 1.98. The first-order chi connectivity index (χ1) is 12.8. The average molecular weight is 355 g/mol. The topological polar surface area (TPSA) is 54.9 Å². The molecule has 5 nitrogen and oxygen atoms in total. The third-order valence-corrected chi connectivity index (χ3v) is 3.79. The molecule has 0 aliphatic heterocycles. The summed E-state index contributed by atoms with van der Waals surface area (Å²) in [4.78, 5) is 4.61. The molecule has 2 aromatic carbocycles. The van der Waals surface area contributed by atoms with Crippen LogP contribution in [0.25, 0.3) is 0 Å². The van der Waals surface area contributed by atoms with Gasteiger partial charge in [0.15, 0.2) is 5.96 Å². The molecule has 0 aliphatic rings. The molecular formula is C21H29N3O2. The first-order valence-corrected chi connectivity index (χ1v) is 9.08. The fourth-order valence-electron chi connectivity index (χ4n) is 2.39. The van der Waals surface area contributed by atoms with Crippen LogP contribution in [0.3, 0.4) is 0 Å². The molecule has 0 heterocycles. The molecule has 140 valence electrons. The van der Waals surface area contributed by atoms with E-state index in [9.17, 15) is 0 Å². The Morgan fingerprint density at radius 2 is 1.73 bits per heavy atom. The van der Waals surface area contributed by atoms with E-state index < -0.39 is 0 Å². The van der Waals surface area contributed by atoms with Gasteiger partial charge in [0.2, 0.25) is 0 Å². The number of guanidine groups is 1. The predicted molar refractivity (Wildman–Crippen MR) is 107 cm³/mol. The summed E-state index contributed by atoms with van der Waals surface area (Å²) in [5, 5.41) is 6.61. The first-order valence-electron chi connectivity index (χ1n) is 9.08. The van der Waals surface area contributed by atoms with E-state index >= 15 is 0 Å². The smallest absolute Gasteiger partial charge is 0.191 e. The number of hydrogen-bond acceptors (Lipinski definition) is 3. The maximum absolute atomic E-state index is 5.72. The van der Waals surface area contributed by atoms with Crippen molar-refractivity contribution in [3.8, 4) is 5.75 Å². The molecule has 2 N–H and O–H groups in total. The van der Waals surface area contributed by atoms with Crippen LogP contribution in [0.5, 0.6) is 5.75 Å². The van der Waals surface area contributed by atoms with Crippen molar-refractivity contribution in [3.05, 3.63) is 65.7 Å². The molecule has 0 radical (unpaired) electrons. The zero-order valence-electron chi connectivity index (χ0n) is 15.7. The second-order valence-corrected chi connectivity index (χ2v) is 5.86. The molecule has 0 aliphatic carbocycles. The van der Waals surface area contributed by atoms with Crippen LogP contribution in [0.1, 0.15) is 24.5 Å². The maximum atomic E-state index is 5.72. The quantitative estimate of drug-likeness (QED) is 0.390. The largest absolute Gasteiger partial charge is 0.497 e. The Balaban J connectivity index is 1.64. The molecule has 0 saturated heterocycles. The van der Waals surface area contributed by atoms with Crippen LogP contribution in [0, 0.1) is 0 Å². The van der Waals surface area contributed by atoms with Crippen molar-refractivity contribution < 1.29 is 9.47 Å². The summed E-state index contributed by atoms with van der Waals surface area (Å²) in [5.41, 5.74) is 2.35. The van der Waals surface area contributed by atoms with Crippen molar-refractivity contribution in [2.75, 3.05) is 26.8 Å². The SMILES string of the molecule is CCNC(=NCc1ccccc1)NCCCOCc1ccc(OC)cc1. The number of nitrogens with zero attached hydrogens (tertiary/aromatic N) is 1. The number of nitrogens with one attached hydrogen (secondary N) is 2. The van der Waals surface area contributed by atoms with Crippen LogP contribution in [-0.4, -0.2) is 32.8 Å². The zero-order chi connectivity index (χ0) is 18.5. The summed E-state index contributed by atoms with van der Waals surface area (Å²) in [6, 6.07) is 18.2. The fourth-order valence-corrected chi connectivity index (χ4v) is 2.39. The summed E-state index contributed by atoms with van der Waals surface area (Å²) in [6.07, 6.45) is 0.923. The molecule has 0 unspecified atom stereocenters. The summed E-state index contributed by atoms with van der Waals surface area (Å²) in [7, 11) is 1.67. The first kappa shape index (κ1) is 19.8. The van der Waals surface area contributed by atoms with Gasteiger partial charge in [-0.15, -0.1) is 0 Å². The molecule has 2 aromatic rings. The Labute approximate surface area is 156 Å². The maximum Gasteiger partial charge on any atom is 0.191 e. The predicted octanol–water partition coefficient (Wildman–Crippen LogP) is 3.36. The summed E-state index contributed by atoms with van der Waals surface area (Å²) >= 11 is 0. The number of benzene rings is 2. The lowest BCUT2D eigenvalue weighted by Gasteiger charge is -2.11. The molecule has 0 amide bonds. The van der Waals surface area contributed by atoms with Gasteiger partial charge in [0, 0.05) is 19.7 Å². The van der Waals surface area contributed by atoms with Crippen LogP contribution in [0.4, 0.5) is 0 Å². The molecule has 5 heteroatoms. The van der Waals surface area contributed by atoms with Gasteiger partial charge in [-0.25, -0.2) is 4.99 Å². The van der Waals surface area contributed by atoms with Crippen molar-refractivity contribution in [1.82, 2.24) is 10.6 Å². The highest BCUT2D eigenvalue weighted by atomic mass is 16.5. The molecule has 2 rings (SSSR count). The third kappa shape index (κ3) is 7.57.